The average molecular weight is 171 g/mol. The largest absolute Gasteiger partial charge is 0 e. The Balaban J connectivity index is 0. The first-order valence-electron chi connectivity index (χ1n) is 0. The molecule has 0 aliphatic heterocycles. The molecular formula is H8Ca2O2V. The van der Waals surface area contributed by atoms with Crippen LogP contribution >= 0.6 is 0 Å². The minimum absolute atomic E-state index is 0. The SMILES string of the molecule is O.O.[CaH2].[CaH2].[V]. The van der Waals surface area contributed by atoms with E-state index in [1.54, 1.807) is 0 Å². The summed E-state index contributed by atoms with van der Waals surface area (Å²) in [5, 5.41) is 0. The third-order valence-electron chi connectivity index (χ3n) is 0. The summed E-state index contributed by atoms with van der Waals surface area (Å²) < 4.78 is 0. The predicted molar refractivity (Wildman–Crippen MR) is 24.3 cm³/mol. The first kappa shape index (κ1) is 43.3. The molecule has 2 nitrogen and oxygen atoms in total. The van der Waals surface area contributed by atoms with E-state index in [4.69, 9.17) is 0 Å². The van der Waals surface area contributed by atoms with Crippen molar-refractivity contribution < 1.29 is 29.5 Å². The molecule has 0 unspecified atom stereocenters. The molecule has 0 rings (SSSR count). The smallest absolute Gasteiger partial charge is 0 e. The topological polar surface area (TPSA) is 63.0 Å². The first-order chi connectivity index (χ1) is 0. The molecule has 0 atom stereocenters. The van der Waals surface area contributed by atoms with Gasteiger partial charge < -0.3 is 11.0 Å². The van der Waals surface area contributed by atoms with Crippen LogP contribution in [0, 0.1) is 0 Å². The fraction of sp³-hybridized carbons (Fsp3) is 0. The molecule has 5 heteroatoms. The maximum atomic E-state index is 0. The molecule has 0 saturated heterocycles. The van der Waals surface area contributed by atoms with Gasteiger partial charge in [0.05, 0.1) is 0 Å². The molecule has 4 N–H and O–H groups in total. The van der Waals surface area contributed by atoms with Crippen LogP contribution in [0.3, 0.4) is 0 Å². The normalized spacial score (nSPS) is 0. The van der Waals surface area contributed by atoms with Crippen molar-refractivity contribution in [3.63, 3.8) is 0 Å². The van der Waals surface area contributed by atoms with Crippen molar-refractivity contribution in [3.05, 3.63) is 0 Å². The van der Waals surface area contributed by atoms with E-state index < -0.39 is 0 Å². The Morgan fingerprint density at radius 1 is 0.600 bits per heavy atom. The Kier molecular flexibility index (Phi) is 241. The van der Waals surface area contributed by atoms with Crippen molar-refractivity contribution in [2.45, 2.75) is 0 Å². The van der Waals surface area contributed by atoms with Crippen molar-refractivity contribution in [1.29, 1.82) is 0 Å². The van der Waals surface area contributed by atoms with Crippen LogP contribution < -0.4 is 0 Å². The monoisotopic (exact) mass is 171 g/mol. The number of rotatable bonds is 0. The maximum absolute atomic E-state index is 0. The Morgan fingerprint density at radius 2 is 0.600 bits per heavy atom. The van der Waals surface area contributed by atoms with Gasteiger partial charge in [0.25, 0.3) is 0 Å². The van der Waals surface area contributed by atoms with Gasteiger partial charge in [-0.2, -0.15) is 0 Å². The van der Waals surface area contributed by atoms with Crippen LogP contribution in [0.15, 0.2) is 0 Å². The standard InChI is InChI=1S/2Ca.2H2O.V.4H/h;;2*1H2;;;;;. The summed E-state index contributed by atoms with van der Waals surface area (Å²) in [4.78, 5) is 0. The molecule has 0 saturated carbocycles. The van der Waals surface area contributed by atoms with Crippen molar-refractivity contribution in [1.82, 2.24) is 0 Å². The third kappa shape index (κ3) is 19.4. The summed E-state index contributed by atoms with van der Waals surface area (Å²) in [7, 11) is 0. The third-order valence-corrected chi connectivity index (χ3v) is 0. The minimum Gasteiger partial charge on any atom is 0 e. The van der Waals surface area contributed by atoms with Crippen molar-refractivity contribution >= 4 is 75.5 Å². The number of hydrogen-bond donors (Lipinski definition) is 0. The molecule has 0 aromatic heterocycles. The van der Waals surface area contributed by atoms with E-state index in [0.717, 1.165) is 0 Å². The van der Waals surface area contributed by atoms with Crippen LogP contribution in [0.2, 0.25) is 0 Å². The van der Waals surface area contributed by atoms with Crippen LogP contribution in [-0.2, 0) is 18.6 Å². The van der Waals surface area contributed by atoms with Crippen LogP contribution in [0.4, 0.5) is 0 Å². The molecule has 0 bridgehead atoms. The van der Waals surface area contributed by atoms with E-state index >= 15 is 0 Å². The quantitative estimate of drug-likeness (QED) is 0.340. The molecule has 29 valence electrons. The summed E-state index contributed by atoms with van der Waals surface area (Å²) in [5.74, 6) is 0. The van der Waals surface area contributed by atoms with Gasteiger partial charge in [-0.3, -0.25) is 0 Å². The Bertz CT molecular complexity index is 7.61. The van der Waals surface area contributed by atoms with Crippen LogP contribution in [-0.4, -0.2) is 86.4 Å². The second-order valence-corrected chi connectivity index (χ2v) is 0. The molecule has 0 heterocycles. The number of hydrogen-bond acceptors (Lipinski definition) is 0. The van der Waals surface area contributed by atoms with Gasteiger partial charge in [-0.1, -0.05) is 0 Å². The fourth-order valence-corrected chi connectivity index (χ4v) is 0. The predicted octanol–water partition coefficient (Wildman–Crippen LogP) is -3.48. The maximum Gasteiger partial charge on any atom is 0 e. The van der Waals surface area contributed by atoms with E-state index in [2.05, 4.69) is 0 Å². The van der Waals surface area contributed by atoms with Gasteiger partial charge in [0, 0.05) is 18.6 Å². The molecule has 0 aromatic rings. The average Bonchev–Trinajstić information content (AvgIpc) is 0. The van der Waals surface area contributed by atoms with E-state index in [9.17, 15) is 0 Å². The van der Waals surface area contributed by atoms with E-state index in [1.807, 2.05) is 0 Å². The zero-order valence-electron chi connectivity index (χ0n) is 1.45. The fourth-order valence-electron chi connectivity index (χ4n) is 0. The van der Waals surface area contributed by atoms with Gasteiger partial charge >= 0.3 is 75.5 Å². The zero-order valence-corrected chi connectivity index (χ0v) is 2.84. The molecule has 0 fully saturated rings. The second kappa shape index (κ2) is 27.9. The zero-order chi connectivity index (χ0) is 0. The summed E-state index contributed by atoms with van der Waals surface area (Å²) in [6.07, 6.45) is 0. The van der Waals surface area contributed by atoms with Crippen molar-refractivity contribution in [3.8, 4) is 0 Å². The Labute approximate surface area is 103 Å². The van der Waals surface area contributed by atoms with Gasteiger partial charge in [-0.15, -0.1) is 0 Å². The summed E-state index contributed by atoms with van der Waals surface area (Å²) in [5.41, 5.74) is 0. The second-order valence-electron chi connectivity index (χ2n) is 0. The summed E-state index contributed by atoms with van der Waals surface area (Å²) >= 11 is 0. The molecule has 0 spiro atoms. The van der Waals surface area contributed by atoms with Crippen molar-refractivity contribution in [2.75, 3.05) is 0 Å². The van der Waals surface area contributed by atoms with Crippen LogP contribution in [0.25, 0.3) is 0 Å². The van der Waals surface area contributed by atoms with E-state index in [0.29, 0.717) is 0 Å². The Hall–Kier alpha value is 3.02. The summed E-state index contributed by atoms with van der Waals surface area (Å²) in [6.45, 7) is 0. The van der Waals surface area contributed by atoms with Crippen molar-refractivity contribution in [2.24, 2.45) is 0 Å². The molecule has 0 amide bonds. The molecule has 0 aromatic carbocycles. The molecular weight excluding hydrogens is 163 g/mol. The van der Waals surface area contributed by atoms with Crippen LogP contribution in [0.1, 0.15) is 0 Å². The molecule has 0 aliphatic carbocycles. The van der Waals surface area contributed by atoms with Gasteiger partial charge in [0.1, 0.15) is 0 Å². The van der Waals surface area contributed by atoms with Gasteiger partial charge in [-0.25, -0.2) is 0 Å². The molecule has 0 aliphatic rings. The van der Waals surface area contributed by atoms with Gasteiger partial charge in [0.15, 0.2) is 0 Å². The molecule has 1 radical (unpaired) electrons. The summed E-state index contributed by atoms with van der Waals surface area (Å²) in [6, 6.07) is 0. The first-order valence-corrected chi connectivity index (χ1v) is 0. The van der Waals surface area contributed by atoms with E-state index in [1.165, 1.54) is 0 Å². The van der Waals surface area contributed by atoms with Crippen LogP contribution in [0.5, 0.6) is 0 Å². The minimum atomic E-state index is 0. The van der Waals surface area contributed by atoms with E-state index in [-0.39, 0.29) is 105 Å². The van der Waals surface area contributed by atoms with Gasteiger partial charge in [0.2, 0.25) is 0 Å². The molecule has 5 heavy (non-hydrogen) atoms. The Morgan fingerprint density at radius 3 is 0.600 bits per heavy atom. The van der Waals surface area contributed by atoms with Gasteiger partial charge in [-0.05, 0) is 0 Å².